The second-order valence-corrected chi connectivity index (χ2v) is 6.05. The first-order valence-corrected chi connectivity index (χ1v) is 7.64. The molecule has 1 atom stereocenters. The fraction of sp³-hybridized carbons (Fsp3) is 0.462. The van der Waals surface area contributed by atoms with Crippen LogP contribution in [-0.4, -0.2) is 29.2 Å². The maximum absolute atomic E-state index is 12.3. The minimum absolute atomic E-state index is 0.139. The van der Waals surface area contributed by atoms with E-state index < -0.39 is 0 Å². The second kappa shape index (κ2) is 5.53. The van der Waals surface area contributed by atoms with Gasteiger partial charge in [-0.15, -0.1) is 0 Å². The van der Waals surface area contributed by atoms with Crippen molar-refractivity contribution >= 4 is 37.8 Å². The van der Waals surface area contributed by atoms with Gasteiger partial charge in [0.1, 0.15) is 0 Å². The van der Waals surface area contributed by atoms with Crippen molar-refractivity contribution in [2.45, 2.75) is 13.3 Å². The van der Waals surface area contributed by atoms with Crippen LogP contribution in [0.3, 0.4) is 0 Å². The SMILES string of the molecule is Cc1ccc(C(=O)N2CCC(CBr)C2)c(Br)c1. The molecule has 0 bridgehead atoms. The van der Waals surface area contributed by atoms with Crippen molar-refractivity contribution in [2.75, 3.05) is 18.4 Å². The molecule has 1 unspecified atom stereocenters. The molecule has 2 rings (SSSR count). The molecule has 17 heavy (non-hydrogen) atoms. The summed E-state index contributed by atoms with van der Waals surface area (Å²) in [6.45, 7) is 3.76. The highest BCUT2D eigenvalue weighted by Gasteiger charge is 2.26. The number of benzene rings is 1. The van der Waals surface area contributed by atoms with Crippen LogP contribution >= 0.6 is 31.9 Å². The van der Waals surface area contributed by atoms with Gasteiger partial charge in [0.2, 0.25) is 0 Å². The van der Waals surface area contributed by atoms with E-state index in [0.29, 0.717) is 5.92 Å². The highest BCUT2D eigenvalue weighted by Crippen LogP contribution is 2.24. The molecule has 1 aromatic carbocycles. The highest BCUT2D eigenvalue weighted by molar-refractivity contribution is 9.10. The molecule has 1 aromatic rings. The van der Waals surface area contributed by atoms with Crippen LogP contribution in [0, 0.1) is 12.8 Å². The van der Waals surface area contributed by atoms with E-state index >= 15 is 0 Å². The van der Waals surface area contributed by atoms with Gasteiger partial charge in [-0.1, -0.05) is 22.0 Å². The summed E-state index contributed by atoms with van der Waals surface area (Å²) in [6, 6.07) is 5.88. The van der Waals surface area contributed by atoms with Gasteiger partial charge < -0.3 is 4.90 Å². The third-order valence-corrected chi connectivity index (χ3v) is 4.72. The Labute approximate surface area is 119 Å². The average molecular weight is 361 g/mol. The van der Waals surface area contributed by atoms with Gasteiger partial charge in [0.15, 0.2) is 0 Å². The zero-order valence-corrected chi connectivity index (χ0v) is 12.9. The lowest BCUT2D eigenvalue weighted by Crippen LogP contribution is -2.29. The molecule has 4 heteroatoms. The average Bonchev–Trinajstić information content (AvgIpc) is 2.76. The number of nitrogens with zero attached hydrogens (tertiary/aromatic N) is 1. The summed E-state index contributed by atoms with van der Waals surface area (Å²) in [6.07, 6.45) is 1.10. The Balaban J connectivity index is 2.15. The number of halogens is 2. The van der Waals surface area contributed by atoms with Crippen molar-refractivity contribution in [2.24, 2.45) is 5.92 Å². The van der Waals surface area contributed by atoms with Crippen molar-refractivity contribution in [3.63, 3.8) is 0 Å². The van der Waals surface area contributed by atoms with Crippen LogP contribution in [0.15, 0.2) is 22.7 Å². The van der Waals surface area contributed by atoms with E-state index in [1.807, 2.05) is 30.0 Å². The molecule has 0 aromatic heterocycles. The molecule has 2 nitrogen and oxygen atoms in total. The summed E-state index contributed by atoms with van der Waals surface area (Å²) in [5.74, 6) is 0.739. The minimum Gasteiger partial charge on any atom is -0.338 e. The zero-order chi connectivity index (χ0) is 12.4. The van der Waals surface area contributed by atoms with Gasteiger partial charge in [-0.2, -0.15) is 0 Å². The largest absolute Gasteiger partial charge is 0.338 e. The fourth-order valence-electron chi connectivity index (χ4n) is 2.11. The molecule has 0 saturated carbocycles. The lowest BCUT2D eigenvalue weighted by atomic mass is 10.1. The monoisotopic (exact) mass is 359 g/mol. The maximum atomic E-state index is 12.3. The number of alkyl halides is 1. The van der Waals surface area contributed by atoms with Gasteiger partial charge >= 0.3 is 0 Å². The smallest absolute Gasteiger partial charge is 0.255 e. The summed E-state index contributed by atoms with van der Waals surface area (Å²) in [5, 5.41) is 0.978. The Kier molecular flexibility index (Phi) is 4.26. The van der Waals surface area contributed by atoms with Crippen molar-refractivity contribution < 1.29 is 4.79 Å². The first kappa shape index (κ1) is 13.1. The van der Waals surface area contributed by atoms with E-state index in [9.17, 15) is 4.79 Å². The van der Waals surface area contributed by atoms with Crippen LogP contribution in [-0.2, 0) is 0 Å². The molecule has 0 N–H and O–H groups in total. The van der Waals surface area contributed by atoms with Gasteiger partial charge in [0.05, 0.1) is 5.56 Å². The lowest BCUT2D eigenvalue weighted by molar-refractivity contribution is 0.0787. The van der Waals surface area contributed by atoms with Crippen LogP contribution in [0.4, 0.5) is 0 Å². The summed E-state index contributed by atoms with van der Waals surface area (Å²) in [7, 11) is 0. The number of carbonyl (C=O) groups excluding carboxylic acids is 1. The molecule has 1 aliphatic heterocycles. The first-order valence-electron chi connectivity index (χ1n) is 5.73. The Hall–Kier alpha value is -0.350. The number of aryl methyl sites for hydroxylation is 1. The molecule has 1 saturated heterocycles. The first-order chi connectivity index (χ1) is 8.11. The molecule has 1 heterocycles. The predicted octanol–water partition coefficient (Wildman–Crippen LogP) is 3.61. The number of amides is 1. The number of likely N-dealkylation sites (tertiary alicyclic amines) is 1. The molecule has 1 aliphatic rings. The van der Waals surface area contributed by atoms with Crippen LogP contribution in [0.2, 0.25) is 0 Å². The van der Waals surface area contributed by atoms with Crippen LogP contribution in [0.25, 0.3) is 0 Å². The molecular weight excluding hydrogens is 346 g/mol. The van der Waals surface area contributed by atoms with Crippen molar-refractivity contribution in [3.8, 4) is 0 Å². The van der Waals surface area contributed by atoms with Crippen LogP contribution in [0.5, 0.6) is 0 Å². The Morgan fingerprint density at radius 3 is 2.88 bits per heavy atom. The molecule has 1 amide bonds. The van der Waals surface area contributed by atoms with E-state index in [1.54, 1.807) is 0 Å². The molecule has 0 radical (unpaired) electrons. The van der Waals surface area contributed by atoms with Gasteiger partial charge in [-0.25, -0.2) is 0 Å². The summed E-state index contributed by atoms with van der Waals surface area (Å²) < 4.78 is 0.893. The second-order valence-electron chi connectivity index (χ2n) is 4.54. The molecular formula is C13H15Br2NO. The number of rotatable bonds is 2. The van der Waals surface area contributed by atoms with Crippen molar-refractivity contribution in [1.29, 1.82) is 0 Å². The molecule has 92 valence electrons. The van der Waals surface area contributed by atoms with Crippen LogP contribution < -0.4 is 0 Å². The maximum Gasteiger partial charge on any atom is 0.255 e. The van der Waals surface area contributed by atoms with Gasteiger partial charge in [-0.3, -0.25) is 4.79 Å². The van der Waals surface area contributed by atoms with E-state index in [4.69, 9.17) is 0 Å². The Morgan fingerprint density at radius 1 is 1.53 bits per heavy atom. The standard InChI is InChI=1S/C13H15Br2NO/c1-9-2-3-11(12(15)6-9)13(17)16-5-4-10(7-14)8-16/h2-3,6,10H,4-5,7-8H2,1H3. The predicted molar refractivity (Wildman–Crippen MR) is 76.7 cm³/mol. The Morgan fingerprint density at radius 2 is 2.29 bits per heavy atom. The summed E-state index contributed by atoms with van der Waals surface area (Å²) >= 11 is 6.96. The number of hydrogen-bond donors (Lipinski definition) is 0. The molecule has 0 spiro atoms. The Bertz CT molecular complexity index is 433. The highest BCUT2D eigenvalue weighted by atomic mass is 79.9. The zero-order valence-electron chi connectivity index (χ0n) is 9.75. The topological polar surface area (TPSA) is 20.3 Å². The fourth-order valence-corrected chi connectivity index (χ4v) is 3.30. The normalized spacial score (nSPS) is 19.7. The third-order valence-electron chi connectivity index (χ3n) is 3.15. The quantitative estimate of drug-likeness (QED) is 0.737. The summed E-state index contributed by atoms with van der Waals surface area (Å²) in [4.78, 5) is 14.3. The van der Waals surface area contributed by atoms with E-state index in [1.165, 1.54) is 0 Å². The van der Waals surface area contributed by atoms with E-state index in [2.05, 4.69) is 31.9 Å². The third kappa shape index (κ3) is 2.91. The molecule has 1 fully saturated rings. The van der Waals surface area contributed by atoms with E-state index in [0.717, 1.165) is 40.4 Å². The van der Waals surface area contributed by atoms with Crippen molar-refractivity contribution in [1.82, 2.24) is 4.90 Å². The number of carbonyl (C=O) groups is 1. The summed E-state index contributed by atoms with van der Waals surface area (Å²) in [5.41, 5.74) is 1.93. The van der Waals surface area contributed by atoms with Crippen LogP contribution in [0.1, 0.15) is 22.3 Å². The van der Waals surface area contributed by atoms with Gasteiger partial charge in [0, 0.05) is 22.9 Å². The van der Waals surface area contributed by atoms with Gasteiger partial charge in [0.25, 0.3) is 5.91 Å². The molecule has 0 aliphatic carbocycles. The van der Waals surface area contributed by atoms with E-state index in [-0.39, 0.29) is 5.91 Å². The van der Waals surface area contributed by atoms with Gasteiger partial charge in [-0.05, 0) is 52.9 Å². The van der Waals surface area contributed by atoms with Crippen molar-refractivity contribution in [3.05, 3.63) is 33.8 Å². The number of hydrogen-bond acceptors (Lipinski definition) is 1. The minimum atomic E-state index is 0.139. The lowest BCUT2D eigenvalue weighted by Gasteiger charge is -2.17.